The molecule has 0 aromatic rings. The Bertz CT molecular complexity index is 628. The topological polar surface area (TPSA) is 204 Å². The normalized spacial score (nSPS) is 11.6. The summed E-state index contributed by atoms with van der Waals surface area (Å²) in [5.41, 5.74) is 0. The summed E-state index contributed by atoms with van der Waals surface area (Å²) in [6, 6.07) is 0. The maximum atomic E-state index is 10.2. The van der Waals surface area contributed by atoms with Gasteiger partial charge in [0.2, 0.25) is 0 Å². The van der Waals surface area contributed by atoms with Gasteiger partial charge in [0.1, 0.15) is 0 Å². The van der Waals surface area contributed by atoms with Crippen LogP contribution in [0.25, 0.3) is 0 Å². The molecule has 1 unspecified atom stereocenters. The van der Waals surface area contributed by atoms with Crippen molar-refractivity contribution >= 4 is 34.0 Å². The van der Waals surface area contributed by atoms with E-state index >= 15 is 0 Å². The van der Waals surface area contributed by atoms with Crippen molar-refractivity contribution in [3.05, 3.63) is 0 Å². The molecule has 190 valence electrons. The zero-order chi connectivity index (χ0) is 25.9. The van der Waals surface area contributed by atoms with Gasteiger partial charge in [0.25, 0.3) is 10.1 Å². The molecular weight excluding hydrogens is 448 g/mol. The van der Waals surface area contributed by atoms with E-state index in [1.165, 1.54) is 0 Å². The molecule has 0 aliphatic carbocycles. The summed E-state index contributed by atoms with van der Waals surface area (Å²) in [4.78, 5) is 40.1. The van der Waals surface area contributed by atoms with Gasteiger partial charge in [0.15, 0.2) is 5.25 Å². The molecule has 0 saturated heterocycles. The Morgan fingerprint density at radius 3 is 1.16 bits per heavy atom. The van der Waals surface area contributed by atoms with Gasteiger partial charge in [-0.15, -0.1) is 0 Å². The van der Waals surface area contributed by atoms with E-state index in [0.717, 1.165) is 38.5 Å². The van der Waals surface area contributed by atoms with Gasteiger partial charge in [-0.3, -0.25) is 23.7 Å². The zero-order valence-corrected chi connectivity index (χ0v) is 20.0. The molecule has 5 N–H and O–H groups in total. The molecule has 0 aromatic carbocycles. The SMILES string of the molecule is CC(C)CCCCC(=O)O.CC(C)CCCCC(=O)O.O=C(O)CC(C(=O)O)S(=O)(=O)O. The molecule has 0 fully saturated rings. The van der Waals surface area contributed by atoms with Crippen LogP contribution in [-0.2, 0) is 29.3 Å². The number of hydrogen-bond donors (Lipinski definition) is 5. The van der Waals surface area contributed by atoms with Gasteiger partial charge in [-0.2, -0.15) is 8.42 Å². The third kappa shape index (κ3) is 30.0. The number of carboxylic acids is 4. The molecule has 0 aliphatic rings. The highest BCUT2D eigenvalue weighted by Gasteiger charge is 2.33. The van der Waals surface area contributed by atoms with Gasteiger partial charge in [0.05, 0.1) is 6.42 Å². The highest BCUT2D eigenvalue weighted by molar-refractivity contribution is 7.87. The first kappa shape index (κ1) is 34.4. The summed E-state index contributed by atoms with van der Waals surface area (Å²) in [5.74, 6) is -3.45. The molecule has 12 heteroatoms. The van der Waals surface area contributed by atoms with Crippen molar-refractivity contribution in [1.82, 2.24) is 0 Å². The standard InChI is InChI=1S/2C8H16O2.C4H6O7S/c2*1-7(2)5-3-4-6-8(9)10;5-3(6)1-2(4(7)8)12(9,10)11/h2*7H,3-6H2,1-2H3,(H,9,10);2H,1H2,(H,5,6)(H,7,8)(H,9,10,11). The smallest absolute Gasteiger partial charge is 0.325 e. The van der Waals surface area contributed by atoms with E-state index in [2.05, 4.69) is 27.7 Å². The van der Waals surface area contributed by atoms with Crippen molar-refractivity contribution in [2.24, 2.45) is 11.8 Å². The molecule has 0 spiro atoms. The van der Waals surface area contributed by atoms with E-state index in [-0.39, 0.29) is 0 Å². The number of hydrogen-bond acceptors (Lipinski definition) is 6. The number of rotatable bonds is 14. The highest BCUT2D eigenvalue weighted by Crippen LogP contribution is 2.08. The quantitative estimate of drug-likeness (QED) is 0.178. The second kappa shape index (κ2) is 19.5. The van der Waals surface area contributed by atoms with Crippen LogP contribution >= 0.6 is 0 Å². The Hall–Kier alpha value is -2.21. The molecule has 0 heterocycles. The highest BCUT2D eigenvalue weighted by atomic mass is 32.2. The van der Waals surface area contributed by atoms with Crippen molar-refractivity contribution in [2.45, 2.75) is 90.7 Å². The summed E-state index contributed by atoms with van der Waals surface area (Å²) in [6.45, 7) is 8.61. The van der Waals surface area contributed by atoms with Gasteiger partial charge >= 0.3 is 23.9 Å². The Morgan fingerprint density at radius 1 is 0.656 bits per heavy atom. The summed E-state index contributed by atoms with van der Waals surface area (Å²) in [7, 11) is -4.84. The van der Waals surface area contributed by atoms with Gasteiger partial charge in [-0.25, -0.2) is 0 Å². The van der Waals surface area contributed by atoms with Crippen LogP contribution in [-0.4, -0.2) is 62.5 Å². The largest absolute Gasteiger partial charge is 0.481 e. The minimum Gasteiger partial charge on any atom is -0.481 e. The van der Waals surface area contributed by atoms with Gasteiger partial charge in [0, 0.05) is 12.8 Å². The average molecular weight is 487 g/mol. The molecule has 0 bridgehead atoms. The van der Waals surface area contributed by atoms with Crippen molar-refractivity contribution in [1.29, 1.82) is 0 Å². The maximum Gasteiger partial charge on any atom is 0.325 e. The summed E-state index contributed by atoms with van der Waals surface area (Å²) in [5, 5.41) is 30.5. The fourth-order valence-corrected chi connectivity index (χ4v) is 2.74. The molecule has 0 saturated carbocycles. The first-order valence-corrected chi connectivity index (χ1v) is 11.8. The van der Waals surface area contributed by atoms with Crippen molar-refractivity contribution in [3.63, 3.8) is 0 Å². The van der Waals surface area contributed by atoms with Crippen LogP contribution < -0.4 is 0 Å². The first-order chi connectivity index (χ1) is 14.5. The minimum absolute atomic E-state index is 0.326. The van der Waals surface area contributed by atoms with E-state index in [0.29, 0.717) is 24.7 Å². The second-order valence-corrected chi connectivity index (χ2v) is 9.61. The third-order valence-corrected chi connectivity index (χ3v) is 4.93. The van der Waals surface area contributed by atoms with E-state index in [1.807, 2.05) is 0 Å². The molecule has 32 heavy (non-hydrogen) atoms. The van der Waals surface area contributed by atoms with Crippen LogP contribution in [0, 0.1) is 11.8 Å². The molecular formula is C20H38O11S. The van der Waals surface area contributed by atoms with Crippen molar-refractivity contribution in [3.8, 4) is 0 Å². The predicted octanol–water partition coefficient (Wildman–Crippen LogP) is 3.38. The molecule has 0 radical (unpaired) electrons. The summed E-state index contributed by atoms with van der Waals surface area (Å²) in [6.07, 6.45) is 5.53. The second-order valence-electron chi connectivity index (χ2n) is 8.01. The lowest BCUT2D eigenvalue weighted by Gasteiger charge is -2.04. The van der Waals surface area contributed by atoms with Crippen LogP contribution in [0.2, 0.25) is 0 Å². The van der Waals surface area contributed by atoms with E-state index in [1.54, 1.807) is 0 Å². The lowest BCUT2D eigenvalue weighted by molar-refractivity contribution is -0.143. The summed E-state index contributed by atoms with van der Waals surface area (Å²) >= 11 is 0. The third-order valence-electron chi connectivity index (χ3n) is 3.84. The molecule has 0 aliphatic heterocycles. The number of unbranched alkanes of at least 4 members (excludes halogenated alkanes) is 2. The monoisotopic (exact) mass is 486 g/mol. The van der Waals surface area contributed by atoms with Gasteiger partial charge in [-0.05, 0) is 24.7 Å². The van der Waals surface area contributed by atoms with Crippen LogP contribution in [0.1, 0.15) is 85.5 Å². The minimum atomic E-state index is -4.84. The van der Waals surface area contributed by atoms with E-state index in [9.17, 15) is 27.6 Å². The number of carbonyl (C=O) groups is 4. The Balaban J connectivity index is -0.000000397. The fraction of sp³-hybridized carbons (Fsp3) is 0.800. The van der Waals surface area contributed by atoms with Gasteiger partial charge in [-0.1, -0.05) is 53.4 Å². The average Bonchev–Trinajstić information content (AvgIpc) is 2.59. The first-order valence-electron chi connectivity index (χ1n) is 10.3. The van der Waals surface area contributed by atoms with Crippen molar-refractivity contribution in [2.75, 3.05) is 0 Å². The Kier molecular flexibility index (Phi) is 20.9. The number of aliphatic carboxylic acids is 4. The van der Waals surface area contributed by atoms with Crippen LogP contribution in [0.4, 0.5) is 0 Å². The molecule has 1 atom stereocenters. The maximum absolute atomic E-state index is 10.2. The lowest BCUT2D eigenvalue weighted by atomic mass is 10.1. The fourth-order valence-electron chi connectivity index (χ4n) is 2.14. The van der Waals surface area contributed by atoms with Crippen LogP contribution in [0.5, 0.6) is 0 Å². The summed E-state index contributed by atoms with van der Waals surface area (Å²) < 4.78 is 28.7. The zero-order valence-electron chi connectivity index (χ0n) is 19.2. The van der Waals surface area contributed by atoms with Gasteiger partial charge < -0.3 is 20.4 Å². The predicted molar refractivity (Wildman–Crippen MR) is 117 cm³/mol. The molecule has 0 amide bonds. The molecule has 0 rings (SSSR count). The van der Waals surface area contributed by atoms with Crippen LogP contribution in [0.15, 0.2) is 0 Å². The Morgan fingerprint density at radius 2 is 1.00 bits per heavy atom. The van der Waals surface area contributed by atoms with Crippen molar-refractivity contribution < 1.29 is 52.6 Å². The van der Waals surface area contributed by atoms with Crippen LogP contribution in [0.3, 0.4) is 0 Å². The Labute approximate surface area is 189 Å². The lowest BCUT2D eigenvalue weighted by Crippen LogP contribution is -2.31. The van der Waals surface area contributed by atoms with E-state index in [4.69, 9.17) is 25.0 Å². The number of carboxylic acid groups (broad SMARTS) is 4. The molecule has 11 nitrogen and oxygen atoms in total. The molecule has 0 aromatic heterocycles. The van der Waals surface area contributed by atoms with E-state index < -0.39 is 45.7 Å².